The van der Waals surface area contributed by atoms with Gasteiger partial charge < -0.3 is 5.73 Å². The van der Waals surface area contributed by atoms with Gasteiger partial charge in [0.2, 0.25) is 0 Å². The summed E-state index contributed by atoms with van der Waals surface area (Å²) in [5, 5.41) is 0. The Morgan fingerprint density at radius 1 is 1.12 bits per heavy atom. The van der Waals surface area contributed by atoms with Gasteiger partial charge in [-0.05, 0) is 35.7 Å². The van der Waals surface area contributed by atoms with Crippen LogP contribution in [0.25, 0.3) is 0 Å². The molecule has 1 saturated carbocycles. The lowest BCUT2D eigenvalue weighted by molar-refractivity contribution is -0.0179. The second-order valence-electron chi connectivity index (χ2n) is 5.21. The largest absolute Gasteiger partial charge is 0.327 e. The average Bonchev–Trinajstić information content (AvgIpc) is 2.35. The van der Waals surface area contributed by atoms with Crippen LogP contribution >= 0.6 is 0 Å². The highest BCUT2D eigenvalue weighted by molar-refractivity contribution is 5.29. The maximum absolute atomic E-state index is 6.35. The van der Waals surface area contributed by atoms with Gasteiger partial charge >= 0.3 is 0 Å². The van der Waals surface area contributed by atoms with Crippen LogP contribution < -0.4 is 5.73 Å². The Morgan fingerprint density at radius 2 is 1.69 bits per heavy atom. The molecule has 1 fully saturated rings. The van der Waals surface area contributed by atoms with Crippen molar-refractivity contribution in [2.24, 2.45) is 17.1 Å². The fraction of sp³-hybridized carbons (Fsp3) is 0.600. The summed E-state index contributed by atoms with van der Waals surface area (Å²) in [7, 11) is 0. The van der Waals surface area contributed by atoms with Gasteiger partial charge in [0.25, 0.3) is 0 Å². The number of rotatable bonds is 3. The van der Waals surface area contributed by atoms with Gasteiger partial charge in [0, 0.05) is 6.04 Å². The van der Waals surface area contributed by atoms with Crippen LogP contribution in [0.2, 0.25) is 0 Å². The van der Waals surface area contributed by atoms with Crippen molar-refractivity contribution in [3.8, 4) is 0 Å². The fourth-order valence-corrected chi connectivity index (χ4v) is 3.80. The summed E-state index contributed by atoms with van der Waals surface area (Å²) in [5.41, 5.74) is 8.16. The van der Waals surface area contributed by atoms with E-state index in [1.54, 1.807) is 0 Å². The second-order valence-corrected chi connectivity index (χ2v) is 5.21. The van der Waals surface area contributed by atoms with E-state index in [2.05, 4.69) is 51.1 Å². The standard InChI is InChI=1S/C15H23N/c1-4-15(5-2)13(11(3)14(15)16)12-9-7-6-8-10-12/h6-11,13-14H,4-5,16H2,1-3H3. The Morgan fingerprint density at radius 3 is 2.19 bits per heavy atom. The minimum absolute atomic E-state index is 0.334. The predicted octanol–water partition coefficient (Wildman–Crippen LogP) is 3.55. The fourth-order valence-electron chi connectivity index (χ4n) is 3.80. The lowest BCUT2D eigenvalue weighted by atomic mass is 9.47. The minimum atomic E-state index is 0.334. The van der Waals surface area contributed by atoms with Gasteiger partial charge in [-0.25, -0.2) is 0 Å². The molecular weight excluding hydrogens is 194 g/mol. The van der Waals surface area contributed by atoms with Crippen LogP contribution in [0.1, 0.15) is 45.1 Å². The molecule has 0 radical (unpaired) electrons. The van der Waals surface area contributed by atoms with Crippen molar-refractivity contribution in [2.45, 2.75) is 45.6 Å². The molecule has 0 aromatic heterocycles. The summed E-state index contributed by atoms with van der Waals surface area (Å²) in [6.07, 6.45) is 2.38. The summed E-state index contributed by atoms with van der Waals surface area (Å²) in [6, 6.07) is 11.3. The zero-order chi connectivity index (χ0) is 11.8. The molecule has 2 N–H and O–H groups in total. The minimum Gasteiger partial charge on any atom is -0.327 e. The molecule has 16 heavy (non-hydrogen) atoms. The molecule has 0 amide bonds. The molecule has 0 spiro atoms. The molecule has 3 unspecified atom stereocenters. The van der Waals surface area contributed by atoms with Crippen molar-refractivity contribution < 1.29 is 0 Å². The maximum Gasteiger partial charge on any atom is 0.0133 e. The van der Waals surface area contributed by atoms with Gasteiger partial charge in [-0.1, -0.05) is 51.1 Å². The average molecular weight is 217 g/mol. The summed E-state index contributed by atoms with van der Waals surface area (Å²) in [4.78, 5) is 0. The van der Waals surface area contributed by atoms with Crippen molar-refractivity contribution in [3.05, 3.63) is 35.9 Å². The monoisotopic (exact) mass is 217 g/mol. The zero-order valence-corrected chi connectivity index (χ0v) is 10.6. The van der Waals surface area contributed by atoms with Crippen LogP contribution in [-0.2, 0) is 0 Å². The van der Waals surface area contributed by atoms with E-state index in [4.69, 9.17) is 5.73 Å². The molecule has 0 bridgehead atoms. The van der Waals surface area contributed by atoms with E-state index in [0.717, 1.165) is 0 Å². The second kappa shape index (κ2) is 4.21. The van der Waals surface area contributed by atoms with Crippen molar-refractivity contribution in [1.29, 1.82) is 0 Å². The first-order valence-corrected chi connectivity index (χ1v) is 6.48. The van der Waals surface area contributed by atoms with Crippen LogP contribution in [0.15, 0.2) is 30.3 Å². The van der Waals surface area contributed by atoms with Crippen LogP contribution in [0, 0.1) is 11.3 Å². The van der Waals surface area contributed by atoms with Crippen molar-refractivity contribution in [1.82, 2.24) is 0 Å². The van der Waals surface area contributed by atoms with Gasteiger partial charge in [-0.3, -0.25) is 0 Å². The first-order chi connectivity index (χ1) is 7.67. The maximum atomic E-state index is 6.35. The van der Waals surface area contributed by atoms with E-state index in [0.29, 0.717) is 23.3 Å². The highest BCUT2D eigenvalue weighted by Gasteiger charge is 2.56. The first kappa shape index (κ1) is 11.7. The molecule has 88 valence electrons. The van der Waals surface area contributed by atoms with Crippen LogP contribution in [0.5, 0.6) is 0 Å². The summed E-state index contributed by atoms with van der Waals surface area (Å²) in [5.74, 6) is 1.26. The van der Waals surface area contributed by atoms with E-state index in [1.165, 1.54) is 18.4 Å². The quantitative estimate of drug-likeness (QED) is 0.823. The van der Waals surface area contributed by atoms with Crippen LogP contribution in [0.3, 0.4) is 0 Å². The molecule has 1 nitrogen and oxygen atoms in total. The predicted molar refractivity (Wildman–Crippen MR) is 69.3 cm³/mol. The highest BCUT2D eigenvalue weighted by atomic mass is 14.8. The SMILES string of the molecule is CCC1(CC)C(N)C(C)C1c1ccccc1. The van der Waals surface area contributed by atoms with E-state index in [9.17, 15) is 0 Å². The van der Waals surface area contributed by atoms with Crippen molar-refractivity contribution in [2.75, 3.05) is 0 Å². The normalized spacial score (nSPS) is 32.1. The molecule has 2 rings (SSSR count). The zero-order valence-electron chi connectivity index (χ0n) is 10.6. The number of benzene rings is 1. The van der Waals surface area contributed by atoms with Crippen molar-refractivity contribution in [3.63, 3.8) is 0 Å². The third-order valence-corrected chi connectivity index (χ3v) is 4.85. The first-order valence-electron chi connectivity index (χ1n) is 6.48. The van der Waals surface area contributed by atoms with Crippen LogP contribution in [0.4, 0.5) is 0 Å². The molecule has 0 heterocycles. The van der Waals surface area contributed by atoms with Gasteiger partial charge in [0.15, 0.2) is 0 Å². The van der Waals surface area contributed by atoms with Gasteiger partial charge in [-0.15, -0.1) is 0 Å². The Bertz CT molecular complexity index is 340. The van der Waals surface area contributed by atoms with E-state index in [-0.39, 0.29) is 0 Å². The van der Waals surface area contributed by atoms with E-state index in [1.807, 2.05) is 0 Å². The number of hydrogen-bond acceptors (Lipinski definition) is 1. The molecule has 1 aromatic rings. The third kappa shape index (κ3) is 1.41. The topological polar surface area (TPSA) is 26.0 Å². The number of nitrogens with two attached hydrogens (primary N) is 1. The molecule has 3 atom stereocenters. The molecule has 0 aliphatic heterocycles. The van der Waals surface area contributed by atoms with E-state index >= 15 is 0 Å². The Hall–Kier alpha value is -0.820. The number of hydrogen-bond donors (Lipinski definition) is 1. The molecule has 1 aromatic carbocycles. The highest BCUT2D eigenvalue weighted by Crippen LogP contribution is 2.59. The summed E-state index contributed by atoms with van der Waals surface area (Å²) >= 11 is 0. The Kier molecular flexibility index (Phi) is 3.07. The smallest absolute Gasteiger partial charge is 0.0133 e. The molecular formula is C15H23N. The van der Waals surface area contributed by atoms with Gasteiger partial charge in [0.1, 0.15) is 0 Å². The lowest BCUT2D eigenvalue weighted by Gasteiger charge is -2.59. The molecule has 1 heteroatoms. The van der Waals surface area contributed by atoms with Crippen LogP contribution in [-0.4, -0.2) is 6.04 Å². The van der Waals surface area contributed by atoms with E-state index < -0.39 is 0 Å². The molecule has 1 aliphatic rings. The van der Waals surface area contributed by atoms with Crippen molar-refractivity contribution >= 4 is 0 Å². The third-order valence-electron chi connectivity index (χ3n) is 4.85. The molecule has 1 aliphatic carbocycles. The van der Waals surface area contributed by atoms with Gasteiger partial charge in [-0.2, -0.15) is 0 Å². The summed E-state index contributed by atoms with van der Waals surface area (Å²) < 4.78 is 0. The molecule has 0 saturated heterocycles. The Balaban J connectivity index is 2.34. The Labute approximate surface area is 99.0 Å². The van der Waals surface area contributed by atoms with Gasteiger partial charge in [0.05, 0.1) is 0 Å². The summed E-state index contributed by atoms with van der Waals surface area (Å²) in [6.45, 7) is 6.86. The lowest BCUT2D eigenvalue weighted by Crippen LogP contribution is -2.62.